The molecule has 0 aliphatic heterocycles. The van der Waals surface area contributed by atoms with Gasteiger partial charge in [0.1, 0.15) is 6.10 Å². The number of allylic oxidation sites excluding steroid dienone is 2. The largest absolute Gasteiger partial charge is 0.459 e. The summed E-state index contributed by atoms with van der Waals surface area (Å²) in [5.41, 5.74) is 0.188. The highest BCUT2D eigenvalue weighted by molar-refractivity contribution is 5.82. The summed E-state index contributed by atoms with van der Waals surface area (Å²) >= 11 is 0. The third-order valence-electron chi connectivity index (χ3n) is 8.35. The van der Waals surface area contributed by atoms with Gasteiger partial charge in [-0.15, -0.1) is 6.58 Å². The van der Waals surface area contributed by atoms with E-state index in [2.05, 4.69) is 34.3 Å². The van der Waals surface area contributed by atoms with E-state index >= 15 is 0 Å². The number of hydrogen-bond acceptors (Lipinski definition) is 3. The number of aliphatic hydroxyl groups is 1. The van der Waals surface area contributed by atoms with Gasteiger partial charge in [-0.05, 0) is 74.5 Å². The molecule has 3 rings (SSSR count). The van der Waals surface area contributed by atoms with E-state index in [1.807, 2.05) is 19.9 Å². The third kappa shape index (κ3) is 3.60. The molecule has 0 spiro atoms. The van der Waals surface area contributed by atoms with Crippen LogP contribution in [-0.4, -0.2) is 22.8 Å². The first-order valence-electron chi connectivity index (χ1n) is 11.1. The molecule has 0 saturated heterocycles. The zero-order valence-corrected chi connectivity index (χ0v) is 18.8. The van der Waals surface area contributed by atoms with Crippen LogP contribution in [0.2, 0.25) is 0 Å². The molecule has 0 aromatic rings. The molecule has 0 heterocycles. The zero-order chi connectivity index (χ0) is 21.0. The molecule has 0 amide bonds. The number of carbonyl (C=O) groups is 1. The summed E-state index contributed by atoms with van der Waals surface area (Å²) in [6.07, 6.45) is 10.1. The van der Waals surface area contributed by atoms with Gasteiger partial charge in [0.2, 0.25) is 0 Å². The van der Waals surface area contributed by atoms with Crippen LogP contribution in [0.15, 0.2) is 24.3 Å². The molecule has 3 aliphatic rings. The molecule has 0 bridgehead atoms. The van der Waals surface area contributed by atoms with E-state index in [1.165, 1.54) is 12.8 Å². The van der Waals surface area contributed by atoms with Crippen LogP contribution in [0.4, 0.5) is 0 Å². The Hall–Kier alpha value is -1.09. The van der Waals surface area contributed by atoms with Crippen molar-refractivity contribution < 1.29 is 14.6 Å². The van der Waals surface area contributed by atoms with Gasteiger partial charge in [-0.2, -0.15) is 0 Å². The summed E-state index contributed by atoms with van der Waals surface area (Å²) in [7, 11) is 0. The first kappa shape index (κ1) is 21.6. The Kier molecular flexibility index (Phi) is 5.41. The van der Waals surface area contributed by atoms with Crippen molar-refractivity contribution in [2.45, 2.75) is 98.2 Å². The Morgan fingerprint density at radius 3 is 2.43 bits per heavy atom. The molecule has 0 unspecified atom stereocenters. The Bertz CT molecular complexity index is 673. The quantitative estimate of drug-likeness (QED) is 0.376. The Morgan fingerprint density at radius 1 is 1.14 bits per heavy atom. The molecule has 3 saturated carbocycles. The van der Waals surface area contributed by atoms with Crippen LogP contribution in [0.25, 0.3) is 0 Å². The minimum atomic E-state index is -0.796. The molecule has 0 aromatic carbocycles. The first-order chi connectivity index (χ1) is 12.9. The molecule has 6 atom stereocenters. The maximum Gasteiger partial charge on any atom is 0.330 e. The van der Waals surface area contributed by atoms with Crippen LogP contribution < -0.4 is 0 Å². The van der Waals surface area contributed by atoms with Gasteiger partial charge >= 0.3 is 5.97 Å². The van der Waals surface area contributed by atoms with E-state index in [-0.39, 0.29) is 34.2 Å². The van der Waals surface area contributed by atoms with E-state index < -0.39 is 5.60 Å². The van der Waals surface area contributed by atoms with Gasteiger partial charge in [-0.25, -0.2) is 4.79 Å². The number of fused-ring (bicyclic) bond motifs is 3. The highest BCUT2D eigenvalue weighted by Crippen LogP contribution is 2.66. The topological polar surface area (TPSA) is 46.5 Å². The molecular formula is C25H40O3. The third-order valence-corrected chi connectivity index (χ3v) is 8.35. The Balaban J connectivity index is 2.04. The van der Waals surface area contributed by atoms with E-state index in [4.69, 9.17) is 4.74 Å². The van der Waals surface area contributed by atoms with Gasteiger partial charge in [-0.3, -0.25) is 0 Å². The van der Waals surface area contributed by atoms with E-state index in [1.54, 1.807) is 6.08 Å². The van der Waals surface area contributed by atoms with Crippen molar-refractivity contribution >= 4 is 5.97 Å². The maximum absolute atomic E-state index is 12.6. The minimum Gasteiger partial charge on any atom is -0.459 e. The SMILES string of the molecule is C=C[C@@]1(C)C[C@@H](OC(=O)C=C(C)C)[C@H]2[C@@](O)(CC[C@H]3C(C)(C)CCC[C@@]32C)C1. The van der Waals surface area contributed by atoms with Gasteiger partial charge in [0.05, 0.1) is 5.60 Å². The van der Waals surface area contributed by atoms with Crippen LogP contribution in [0.1, 0.15) is 86.5 Å². The molecule has 158 valence electrons. The van der Waals surface area contributed by atoms with Crippen LogP contribution >= 0.6 is 0 Å². The molecule has 1 N–H and O–H groups in total. The highest BCUT2D eigenvalue weighted by atomic mass is 16.5. The second-order valence-electron chi connectivity index (χ2n) is 11.5. The predicted octanol–water partition coefficient (Wildman–Crippen LogP) is 5.82. The lowest BCUT2D eigenvalue weighted by atomic mass is 9.41. The maximum atomic E-state index is 12.6. The van der Waals surface area contributed by atoms with Crippen molar-refractivity contribution in [3.8, 4) is 0 Å². The lowest BCUT2D eigenvalue weighted by Gasteiger charge is -2.65. The van der Waals surface area contributed by atoms with Crippen LogP contribution in [0.3, 0.4) is 0 Å². The van der Waals surface area contributed by atoms with Crippen LogP contribution in [0.5, 0.6) is 0 Å². The smallest absolute Gasteiger partial charge is 0.330 e. The van der Waals surface area contributed by atoms with E-state index in [9.17, 15) is 9.90 Å². The molecule has 3 heteroatoms. The summed E-state index contributed by atoms with van der Waals surface area (Å²) in [6, 6.07) is 0. The number of rotatable bonds is 3. The minimum absolute atomic E-state index is 0.00678. The standard InChI is InChI=1S/C25H40O3/c1-8-23(6)15-18(28-20(26)14-17(2)3)21-24(7)12-9-11-22(4,5)19(24)10-13-25(21,27)16-23/h8,14,18-19,21,27H,1,9-13,15-16H2,2-7H3/t18-,19+,21-,23+,24+,25-/m1/s1. The number of esters is 1. The average Bonchev–Trinajstić information content (AvgIpc) is 2.51. The fraction of sp³-hybridized carbons (Fsp3) is 0.800. The van der Waals surface area contributed by atoms with Crippen LogP contribution in [-0.2, 0) is 9.53 Å². The fourth-order valence-corrected chi connectivity index (χ4v) is 7.42. The van der Waals surface area contributed by atoms with Gasteiger partial charge in [-0.1, -0.05) is 45.8 Å². The van der Waals surface area contributed by atoms with Crippen molar-refractivity contribution in [2.24, 2.45) is 28.1 Å². The van der Waals surface area contributed by atoms with Crippen molar-refractivity contribution in [3.05, 3.63) is 24.3 Å². The van der Waals surface area contributed by atoms with Crippen LogP contribution in [0, 0.1) is 28.1 Å². The van der Waals surface area contributed by atoms with Crippen molar-refractivity contribution in [3.63, 3.8) is 0 Å². The van der Waals surface area contributed by atoms with E-state index in [0.717, 1.165) is 31.3 Å². The zero-order valence-electron chi connectivity index (χ0n) is 18.8. The van der Waals surface area contributed by atoms with Gasteiger partial charge in [0.15, 0.2) is 0 Å². The summed E-state index contributed by atoms with van der Waals surface area (Å²) < 4.78 is 6.09. The van der Waals surface area contributed by atoms with Crippen molar-refractivity contribution in [1.82, 2.24) is 0 Å². The van der Waals surface area contributed by atoms with Gasteiger partial charge < -0.3 is 9.84 Å². The second-order valence-corrected chi connectivity index (χ2v) is 11.5. The number of carbonyl (C=O) groups excluding carboxylic acids is 1. The number of hydrogen-bond donors (Lipinski definition) is 1. The lowest BCUT2D eigenvalue weighted by molar-refractivity contribution is -0.242. The van der Waals surface area contributed by atoms with Gasteiger partial charge in [0.25, 0.3) is 0 Å². The lowest BCUT2D eigenvalue weighted by Crippen LogP contribution is -2.66. The normalized spacial score (nSPS) is 44.6. The highest BCUT2D eigenvalue weighted by Gasteiger charge is 2.65. The Morgan fingerprint density at radius 2 is 1.82 bits per heavy atom. The Labute approximate surface area is 171 Å². The molecule has 3 fully saturated rings. The molecule has 28 heavy (non-hydrogen) atoms. The van der Waals surface area contributed by atoms with E-state index in [0.29, 0.717) is 12.3 Å². The number of ether oxygens (including phenoxy) is 1. The summed E-state index contributed by atoms with van der Waals surface area (Å²) in [4.78, 5) is 12.6. The summed E-state index contributed by atoms with van der Waals surface area (Å²) in [5, 5.41) is 11.9. The predicted molar refractivity (Wildman–Crippen MR) is 114 cm³/mol. The molecule has 3 nitrogen and oxygen atoms in total. The van der Waals surface area contributed by atoms with Crippen molar-refractivity contribution in [2.75, 3.05) is 0 Å². The summed E-state index contributed by atoms with van der Waals surface area (Å²) in [6.45, 7) is 17.2. The molecule has 0 radical (unpaired) electrons. The molecule has 0 aromatic heterocycles. The molecular weight excluding hydrogens is 348 g/mol. The van der Waals surface area contributed by atoms with Crippen molar-refractivity contribution in [1.29, 1.82) is 0 Å². The fourth-order valence-electron chi connectivity index (χ4n) is 7.42. The molecule has 3 aliphatic carbocycles. The average molecular weight is 389 g/mol. The second kappa shape index (κ2) is 7.00. The van der Waals surface area contributed by atoms with Gasteiger partial charge in [0, 0.05) is 12.0 Å². The first-order valence-corrected chi connectivity index (χ1v) is 11.1. The summed E-state index contributed by atoms with van der Waals surface area (Å²) in [5.74, 6) is 0.263. The monoisotopic (exact) mass is 388 g/mol.